The lowest BCUT2D eigenvalue weighted by Crippen LogP contribution is -2.39. The van der Waals surface area contributed by atoms with Crippen molar-refractivity contribution in [2.45, 2.75) is 26.4 Å². The van der Waals surface area contributed by atoms with Gasteiger partial charge in [0.2, 0.25) is 0 Å². The van der Waals surface area contributed by atoms with E-state index in [0.717, 1.165) is 44.2 Å². The first-order valence-electron chi connectivity index (χ1n) is 10.3. The Kier molecular flexibility index (Phi) is 5.02. The van der Waals surface area contributed by atoms with Gasteiger partial charge in [0.05, 0.1) is 12.1 Å². The van der Waals surface area contributed by atoms with Crippen LogP contribution in [0.1, 0.15) is 32.7 Å². The summed E-state index contributed by atoms with van der Waals surface area (Å²) in [5.41, 5.74) is 5.51. The highest BCUT2D eigenvalue weighted by atomic mass is 79.9. The molecule has 1 amide bonds. The van der Waals surface area contributed by atoms with Crippen LogP contribution in [0.15, 0.2) is 70.1 Å². The number of hydrogen-bond acceptors (Lipinski definition) is 2. The van der Waals surface area contributed by atoms with Crippen LogP contribution in [0.25, 0.3) is 10.9 Å². The minimum atomic E-state index is -0.249. The second-order valence-corrected chi connectivity index (χ2v) is 8.92. The number of aromatic amines is 1. The molecule has 156 valence electrons. The molecule has 6 heteroatoms. The number of aryl methyl sites for hydroxylation is 1. The van der Waals surface area contributed by atoms with Crippen molar-refractivity contribution < 1.29 is 4.79 Å². The van der Waals surface area contributed by atoms with E-state index in [2.05, 4.69) is 33.0 Å². The van der Waals surface area contributed by atoms with Crippen LogP contribution in [0, 0.1) is 6.92 Å². The minimum Gasteiger partial charge on any atom is -0.357 e. The van der Waals surface area contributed by atoms with Gasteiger partial charge in [-0.3, -0.25) is 9.59 Å². The summed E-state index contributed by atoms with van der Waals surface area (Å²) in [4.78, 5) is 31.7. The summed E-state index contributed by atoms with van der Waals surface area (Å²) >= 11 is 3.60. The van der Waals surface area contributed by atoms with Gasteiger partial charge >= 0.3 is 0 Å². The third-order valence-corrected chi connectivity index (χ3v) is 6.59. The molecule has 0 aliphatic carbocycles. The van der Waals surface area contributed by atoms with Crippen molar-refractivity contribution in [1.29, 1.82) is 0 Å². The quantitative estimate of drug-likeness (QED) is 0.468. The molecule has 2 aromatic carbocycles. The summed E-state index contributed by atoms with van der Waals surface area (Å²) in [5, 5.41) is 1.12. The van der Waals surface area contributed by atoms with Gasteiger partial charge in [-0.05, 0) is 46.6 Å². The fraction of sp³-hybridized carbons (Fsp3) is 0.200. The average Bonchev–Trinajstić information content (AvgIpc) is 3.14. The summed E-state index contributed by atoms with van der Waals surface area (Å²) in [6, 6.07) is 17.6. The maximum Gasteiger partial charge on any atom is 0.263 e. The van der Waals surface area contributed by atoms with Crippen LogP contribution in [-0.2, 0) is 19.5 Å². The third-order valence-electron chi connectivity index (χ3n) is 5.93. The lowest BCUT2D eigenvalue weighted by molar-refractivity contribution is 0.0732. The second-order valence-electron chi connectivity index (χ2n) is 8.07. The molecule has 3 heterocycles. The van der Waals surface area contributed by atoms with Gasteiger partial charge in [0.25, 0.3) is 11.5 Å². The molecule has 0 atom stereocenters. The molecule has 4 aromatic rings. The Balaban J connectivity index is 1.44. The number of nitrogens with one attached hydrogen (secondary N) is 1. The van der Waals surface area contributed by atoms with E-state index >= 15 is 0 Å². The van der Waals surface area contributed by atoms with Crippen LogP contribution in [0.4, 0.5) is 0 Å². The lowest BCUT2D eigenvalue weighted by Gasteiger charge is -2.27. The Morgan fingerprint density at radius 1 is 1.13 bits per heavy atom. The molecule has 0 saturated heterocycles. The zero-order valence-corrected chi connectivity index (χ0v) is 18.8. The number of hydrogen-bond donors (Lipinski definition) is 1. The van der Waals surface area contributed by atoms with E-state index in [4.69, 9.17) is 0 Å². The van der Waals surface area contributed by atoms with E-state index in [0.29, 0.717) is 19.6 Å². The molecule has 0 radical (unpaired) electrons. The number of halogens is 1. The van der Waals surface area contributed by atoms with Crippen molar-refractivity contribution in [3.05, 3.63) is 104 Å². The minimum absolute atomic E-state index is 0.210. The number of rotatable bonds is 3. The molecule has 2 aromatic heterocycles. The predicted octanol–water partition coefficient (Wildman–Crippen LogP) is 4.65. The molecule has 5 nitrogen and oxygen atoms in total. The Morgan fingerprint density at radius 3 is 2.81 bits per heavy atom. The first-order chi connectivity index (χ1) is 15.0. The average molecular weight is 476 g/mol. The van der Waals surface area contributed by atoms with Crippen molar-refractivity contribution in [2.75, 3.05) is 6.54 Å². The molecule has 1 aliphatic rings. The Morgan fingerprint density at radius 2 is 1.97 bits per heavy atom. The molecular weight excluding hydrogens is 454 g/mol. The molecule has 0 saturated carbocycles. The standard InChI is InChI=1S/C25H22BrN3O2/c1-16-5-2-6-17(13-16)14-28-11-4-8-19(24(28)30)25(31)29-12-10-22-20(15-29)18-7-3-9-21(26)23(18)27-22/h2-9,11,13,27H,10,12,14-15H2,1H3. The Bertz CT molecular complexity index is 1370. The van der Waals surface area contributed by atoms with Crippen molar-refractivity contribution in [3.8, 4) is 0 Å². The molecule has 0 spiro atoms. The van der Waals surface area contributed by atoms with Crippen molar-refractivity contribution in [1.82, 2.24) is 14.5 Å². The number of pyridine rings is 1. The molecule has 1 N–H and O–H groups in total. The number of carbonyl (C=O) groups is 1. The maximum atomic E-state index is 13.3. The monoisotopic (exact) mass is 475 g/mol. The highest BCUT2D eigenvalue weighted by Gasteiger charge is 2.26. The number of H-pyrrole nitrogens is 1. The number of nitrogens with zero attached hydrogens (tertiary/aromatic N) is 2. The summed E-state index contributed by atoms with van der Waals surface area (Å²) < 4.78 is 2.62. The molecule has 0 unspecified atom stereocenters. The number of para-hydroxylation sites is 1. The van der Waals surface area contributed by atoms with Gasteiger partial charge in [0, 0.05) is 46.8 Å². The third kappa shape index (κ3) is 3.61. The summed E-state index contributed by atoms with van der Waals surface area (Å²) in [6.45, 7) is 3.56. The van der Waals surface area contributed by atoms with Gasteiger partial charge in [-0.25, -0.2) is 0 Å². The molecular formula is C25H22BrN3O2. The number of amides is 1. The zero-order chi connectivity index (χ0) is 21.5. The van der Waals surface area contributed by atoms with Gasteiger partial charge in [-0.15, -0.1) is 0 Å². The summed E-state index contributed by atoms with van der Waals surface area (Å²) in [6.07, 6.45) is 2.49. The number of benzene rings is 2. The van der Waals surface area contributed by atoms with E-state index in [1.165, 1.54) is 0 Å². The molecule has 1 aliphatic heterocycles. The van der Waals surface area contributed by atoms with Crippen LogP contribution >= 0.6 is 15.9 Å². The SMILES string of the molecule is Cc1cccc(Cn2cccc(C(=O)N3CCc4[nH]c5c(Br)cccc5c4C3)c2=O)c1. The fourth-order valence-corrected chi connectivity index (χ4v) is 4.84. The van der Waals surface area contributed by atoms with Crippen LogP contribution in [0.2, 0.25) is 0 Å². The van der Waals surface area contributed by atoms with E-state index in [-0.39, 0.29) is 17.0 Å². The molecule has 0 bridgehead atoms. The van der Waals surface area contributed by atoms with Crippen LogP contribution < -0.4 is 5.56 Å². The number of carbonyl (C=O) groups excluding carboxylic acids is 1. The lowest BCUT2D eigenvalue weighted by atomic mass is 10.0. The van der Waals surface area contributed by atoms with Crippen molar-refractivity contribution in [2.24, 2.45) is 0 Å². The largest absolute Gasteiger partial charge is 0.357 e. The van der Waals surface area contributed by atoms with Gasteiger partial charge in [0.1, 0.15) is 5.56 Å². The first kappa shape index (κ1) is 19.8. The van der Waals surface area contributed by atoms with E-state index in [1.807, 2.05) is 37.3 Å². The van der Waals surface area contributed by atoms with Gasteiger partial charge in [-0.2, -0.15) is 0 Å². The Labute approximate surface area is 188 Å². The van der Waals surface area contributed by atoms with Gasteiger partial charge in [-0.1, -0.05) is 42.0 Å². The number of aromatic nitrogens is 2. The van der Waals surface area contributed by atoms with Crippen LogP contribution in [-0.4, -0.2) is 26.9 Å². The fourth-order valence-electron chi connectivity index (χ4n) is 4.38. The number of fused-ring (bicyclic) bond motifs is 3. The van der Waals surface area contributed by atoms with Crippen molar-refractivity contribution >= 4 is 32.7 Å². The normalized spacial score (nSPS) is 13.4. The van der Waals surface area contributed by atoms with Gasteiger partial charge < -0.3 is 14.5 Å². The van der Waals surface area contributed by atoms with E-state index < -0.39 is 0 Å². The first-order valence-corrected chi connectivity index (χ1v) is 11.1. The van der Waals surface area contributed by atoms with E-state index in [9.17, 15) is 9.59 Å². The summed E-state index contributed by atoms with van der Waals surface area (Å²) in [7, 11) is 0. The predicted molar refractivity (Wildman–Crippen MR) is 125 cm³/mol. The molecule has 31 heavy (non-hydrogen) atoms. The second kappa shape index (κ2) is 7.85. The summed E-state index contributed by atoms with van der Waals surface area (Å²) in [5.74, 6) is -0.210. The highest BCUT2D eigenvalue weighted by molar-refractivity contribution is 9.10. The van der Waals surface area contributed by atoms with E-state index in [1.54, 1.807) is 27.8 Å². The molecule has 5 rings (SSSR count). The smallest absolute Gasteiger partial charge is 0.263 e. The van der Waals surface area contributed by atoms with Crippen LogP contribution in [0.5, 0.6) is 0 Å². The zero-order valence-electron chi connectivity index (χ0n) is 17.2. The van der Waals surface area contributed by atoms with Crippen molar-refractivity contribution in [3.63, 3.8) is 0 Å². The highest BCUT2D eigenvalue weighted by Crippen LogP contribution is 2.32. The Hall–Kier alpha value is -3.12. The molecule has 0 fully saturated rings. The topological polar surface area (TPSA) is 58.1 Å². The van der Waals surface area contributed by atoms with Crippen LogP contribution in [0.3, 0.4) is 0 Å². The maximum absolute atomic E-state index is 13.3. The van der Waals surface area contributed by atoms with Gasteiger partial charge in [0.15, 0.2) is 0 Å².